The van der Waals surface area contributed by atoms with Crippen molar-refractivity contribution >= 4 is 49.1 Å². The molecule has 2 rings (SSSR count). The normalized spacial score (nSPS) is 10.2. The first-order valence-corrected chi connectivity index (χ1v) is 8.16. The molecule has 0 unspecified atom stereocenters. The average molecular weight is 431 g/mol. The van der Waals surface area contributed by atoms with Crippen LogP contribution < -0.4 is 15.2 Å². The molecule has 0 saturated heterocycles. The maximum atomic E-state index is 5.69. The maximum absolute atomic E-state index is 5.69. The number of thiocarbonyl (C=S) groups is 1. The second kappa shape index (κ2) is 7.77. The van der Waals surface area contributed by atoms with E-state index >= 15 is 0 Å². The fraction of sp³-hybridized carbons (Fsp3) is 0.133. The summed E-state index contributed by atoms with van der Waals surface area (Å²) in [6.07, 6.45) is 0. The Morgan fingerprint density at radius 3 is 2.24 bits per heavy atom. The Bertz CT molecular complexity index is 632. The predicted molar refractivity (Wildman–Crippen MR) is 95.2 cm³/mol. The Kier molecular flexibility index (Phi) is 6.02. The Hall–Kier alpha value is -1.11. The first kappa shape index (κ1) is 16.3. The summed E-state index contributed by atoms with van der Waals surface area (Å²) < 4.78 is 13.2. The minimum atomic E-state index is 0.306. The van der Waals surface area contributed by atoms with Crippen LogP contribution in [0.4, 0.5) is 0 Å². The minimum absolute atomic E-state index is 0.306. The number of ether oxygens (including phenoxy) is 2. The minimum Gasteiger partial charge on any atom is -0.490 e. The largest absolute Gasteiger partial charge is 0.490 e. The van der Waals surface area contributed by atoms with Crippen LogP contribution in [-0.2, 0) is 0 Å². The van der Waals surface area contributed by atoms with E-state index in [9.17, 15) is 0 Å². The van der Waals surface area contributed by atoms with Gasteiger partial charge in [0.05, 0.1) is 5.56 Å². The Morgan fingerprint density at radius 1 is 0.952 bits per heavy atom. The molecule has 0 aliphatic carbocycles. The van der Waals surface area contributed by atoms with E-state index in [0.29, 0.717) is 29.5 Å². The van der Waals surface area contributed by atoms with Gasteiger partial charge in [0.1, 0.15) is 29.7 Å². The quantitative estimate of drug-likeness (QED) is 0.548. The molecule has 0 amide bonds. The second-order valence-corrected chi connectivity index (χ2v) is 6.43. The van der Waals surface area contributed by atoms with E-state index in [2.05, 4.69) is 31.9 Å². The summed E-state index contributed by atoms with van der Waals surface area (Å²) in [5.41, 5.74) is 6.40. The third-order valence-corrected chi connectivity index (χ3v) is 3.87. The molecule has 0 spiro atoms. The van der Waals surface area contributed by atoms with Gasteiger partial charge in [-0.15, -0.1) is 0 Å². The van der Waals surface area contributed by atoms with Crippen molar-refractivity contribution in [1.29, 1.82) is 0 Å². The van der Waals surface area contributed by atoms with Gasteiger partial charge in [-0.3, -0.25) is 0 Å². The van der Waals surface area contributed by atoms with E-state index in [4.69, 9.17) is 27.4 Å². The van der Waals surface area contributed by atoms with E-state index in [1.54, 1.807) is 0 Å². The molecule has 0 saturated carbocycles. The van der Waals surface area contributed by atoms with Crippen LogP contribution in [0.15, 0.2) is 51.4 Å². The highest BCUT2D eigenvalue weighted by Crippen LogP contribution is 2.23. The average Bonchev–Trinajstić information content (AvgIpc) is 2.46. The molecule has 110 valence electrons. The highest BCUT2D eigenvalue weighted by Gasteiger charge is 2.07. The SMILES string of the molecule is NC(=S)c1cc(Br)ccc1OCCOc1ccc(Br)cc1. The highest BCUT2D eigenvalue weighted by atomic mass is 79.9. The number of halogens is 2. The lowest BCUT2D eigenvalue weighted by Crippen LogP contribution is -2.14. The van der Waals surface area contributed by atoms with Gasteiger partial charge < -0.3 is 15.2 Å². The van der Waals surface area contributed by atoms with Crippen molar-refractivity contribution in [3.8, 4) is 11.5 Å². The molecule has 0 bridgehead atoms. The monoisotopic (exact) mass is 429 g/mol. The fourth-order valence-corrected chi connectivity index (χ4v) is 2.45. The Morgan fingerprint density at radius 2 is 1.57 bits per heavy atom. The molecule has 0 radical (unpaired) electrons. The van der Waals surface area contributed by atoms with Gasteiger partial charge in [0, 0.05) is 8.95 Å². The van der Waals surface area contributed by atoms with Crippen molar-refractivity contribution in [1.82, 2.24) is 0 Å². The molecule has 2 aromatic rings. The van der Waals surface area contributed by atoms with Crippen LogP contribution in [0.3, 0.4) is 0 Å². The third-order valence-electron chi connectivity index (χ3n) is 2.63. The van der Waals surface area contributed by atoms with E-state index in [1.807, 2.05) is 42.5 Å². The van der Waals surface area contributed by atoms with Gasteiger partial charge in [0.25, 0.3) is 0 Å². The van der Waals surface area contributed by atoms with Gasteiger partial charge in [-0.25, -0.2) is 0 Å². The standard InChI is InChI=1S/C15H13Br2NO2S/c16-10-1-4-12(5-2-10)19-7-8-20-14-6-3-11(17)9-13(14)15(18)21/h1-6,9H,7-8H2,(H2,18,21). The van der Waals surface area contributed by atoms with E-state index in [1.165, 1.54) is 0 Å². The van der Waals surface area contributed by atoms with E-state index in [0.717, 1.165) is 14.7 Å². The summed E-state index contributed by atoms with van der Waals surface area (Å²) >= 11 is 11.8. The summed E-state index contributed by atoms with van der Waals surface area (Å²) in [6.45, 7) is 0.849. The van der Waals surface area contributed by atoms with Gasteiger partial charge in [-0.05, 0) is 42.5 Å². The lowest BCUT2D eigenvalue weighted by atomic mass is 10.2. The molecule has 2 aromatic carbocycles. The summed E-state index contributed by atoms with van der Waals surface area (Å²) in [7, 11) is 0. The van der Waals surface area contributed by atoms with E-state index in [-0.39, 0.29) is 0 Å². The zero-order valence-electron chi connectivity index (χ0n) is 11.0. The predicted octanol–water partition coefficient (Wildman–Crippen LogP) is 4.30. The first-order valence-electron chi connectivity index (χ1n) is 6.17. The van der Waals surface area contributed by atoms with Gasteiger partial charge in [0.2, 0.25) is 0 Å². The summed E-state index contributed by atoms with van der Waals surface area (Å²) in [5, 5.41) is 0. The third kappa shape index (κ3) is 4.98. The van der Waals surface area contributed by atoms with Crippen LogP contribution in [0.1, 0.15) is 5.56 Å². The summed E-state index contributed by atoms with van der Waals surface area (Å²) in [6, 6.07) is 13.2. The number of hydrogen-bond acceptors (Lipinski definition) is 3. The van der Waals surface area contributed by atoms with Crippen molar-refractivity contribution in [3.05, 3.63) is 57.0 Å². The molecule has 0 heterocycles. The number of hydrogen-bond donors (Lipinski definition) is 1. The molecule has 0 aliphatic heterocycles. The molecule has 6 heteroatoms. The lowest BCUT2D eigenvalue weighted by molar-refractivity contribution is 0.217. The Labute approximate surface area is 145 Å². The zero-order valence-corrected chi connectivity index (χ0v) is 15.0. The van der Waals surface area contributed by atoms with E-state index < -0.39 is 0 Å². The molecule has 0 fully saturated rings. The number of benzene rings is 2. The molecular formula is C15H13Br2NO2S. The summed E-state index contributed by atoms with van der Waals surface area (Å²) in [4.78, 5) is 0.306. The number of rotatable bonds is 6. The zero-order chi connectivity index (χ0) is 15.2. The second-order valence-electron chi connectivity index (χ2n) is 4.16. The Balaban J connectivity index is 1.89. The van der Waals surface area contributed by atoms with Crippen molar-refractivity contribution in [2.45, 2.75) is 0 Å². The smallest absolute Gasteiger partial charge is 0.129 e. The van der Waals surface area contributed by atoms with Crippen LogP contribution in [0.2, 0.25) is 0 Å². The van der Waals surface area contributed by atoms with Crippen LogP contribution in [0, 0.1) is 0 Å². The van der Waals surface area contributed by atoms with Gasteiger partial charge in [-0.2, -0.15) is 0 Å². The van der Waals surface area contributed by atoms with Crippen molar-refractivity contribution in [3.63, 3.8) is 0 Å². The van der Waals surface area contributed by atoms with Gasteiger partial charge in [0.15, 0.2) is 0 Å². The summed E-state index contributed by atoms with van der Waals surface area (Å²) in [5.74, 6) is 1.46. The van der Waals surface area contributed by atoms with Crippen LogP contribution in [-0.4, -0.2) is 18.2 Å². The van der Waals surface area contributed by atoms with Crippen LogP contribution in [0.5, 0.6) is 11.5 Å². The van der Waals surface area contributed by atoms with Crippen molar-refractivity contribution in [2.75, 3.05) is 13.2 Å². The van der Waals surface area contributed by atoms with Gasteiger partial charge >= 0.3 is 0 Å². The molecule has 3 nitrogen and oxygen atoms in total. The van der Waals surface area contributed by atoms with Crippen molar-refractivity contribution < 1.29 is 9.47 Å². The van der Waals surface area contributed by atoms with Crippen molar-refractivity contribution in [2.24, 2.45) is 5.73 Å². The molecule has 0 aliphatic rings. The van der Waals surface area contributed by atoms with Crippen LogP contribution in [0.25, 0.3) is 0 Å². The number of nitrogens with two attached hydrogens (primary N) is 1. The first-order chi connectivity index (χ1) is 10.1. The maximum Gasteiger partial charge on any atom is 0.129 e. The van der Waals surface area contributed by atoms with Gasteiger partial charge in [-0.1, -0.05) is 44.1 Å². The molecule has 21 heavy (non-hydrogen) atoms. The lowest BCUT2D eigenvalue weighted by Gasteiger charge is -2.12. The molecule has 0 atom stereocenters. The molecular weight excluding hydrogens is 418 g/mol. The topological polar surface area (TPSA) is 44.5 Å². The van der Waals surface area contributed by atoms with Crippen LogP contribution >= 0.6 is 44.1 Å². The molecule has 2 N–H and O–H groups in total. The highest BCUT2D eigenvalue weighted by molar-refractivity contribution is 9.10. The fourth-order valence-electron chi connectivity index (χ4n) is 1.66. The molecule has 0 aromatic heterocycles.